The number of anilines is 1. The first-order valence-electron chi connectivity index (χ1n) is 7.95. The summed E-state index contributed by atoms with van der Waals surface area (Å²) in [5.41, 5.74) is 2.59. The summed E-state index contributed by atoms with van der Waals surface area (Å²) >= 11 is 1.46. The topological polar surface area (TPSA) is 74.9 Å². The lowest BCUT2D eigenvalue weighted by Crippen LogP contribution is -2.09. The predicted octanol–water partition coefficient (Wildman–Crippen LogP) is 4.58. The van der Waals surface area contributed by atoms with Gasteiger partial charge < -0.3 is 4.57 Å². The largest absolute Gasteiger partial charge is 0.344 e. The summed E-state index contributed by atoms with van der Waals surface area (Å²) in [5, 5.41) is 10.1. The Bertz CT molecular complexity index is 1070. The number of benzene rings is 1. The second kappa shape index (κ2) is 6.54. The molecule has 130 valence electrons. The lowest BCUT2D eigenvalue weighted by molar-refractivity contribution is 0.548. The second-order valence-electron chi connectivity index (χ2n) is 6.09. The Hall–Kier alpha value is -2.30. The van der Waals surface area contributed by atoms with E-state index in [4.69, 9.17) is 5.26 Å². The Morgan fingerprint density at radius 1 is 1.32 bits per heavy atom. The highest BCUT2D eigenvalue weighted by atomic mass is 32.2. The van der Waals surface area contributed by atoms with Gasteiger partial charge in [0.1, 0.15) is 10.9 Å². The summed E-state index contributed by atoms with van der Waals surface area (Å²) in [6.07, 6.45) is 4.20. The third-order valence-electron chi connectivity index (χ3n) is 4.18. The number of rotatable bonds is 5. The van der Waals surface area contributed by atoms with Gasteiger partial charge in [-0.25, -0.2) is 8.42 Å². The van der Waals surface area contributed by atoms with Crippen LogP contribution in [-0.2, 0) is 10.0 Å². The Morgan fingerprint density at radius 3 is 2.68 bits per heavy atom. The molecular formula is C18H19N3O2S2. The van der Waals surface area contributed by atoms with Gasteiger partial charge in [-0.3, -0.25) is 4.72 Å². The highest BCUT2D eigenvalue weighted by Gasteiger charge is 2.16. The van der Waals surface area contributed by atoms with E-state index in [0.717, 1.165) is 34.0 Å². The highest BCUT2D eigenvalue weighted by molar-refractivity contribution is 7.92. The van der Waals surface area contributed by atoms with Crippen molar-refractivity contribution in [2.24, 2.45) is 0 Å². The molecule has 1 N–H and O–H groups in total. The van der Waals surface area contributed by atoms with Crippen molar-refractivity contribution in [3.63, 3.8) is 0 Å². The molecule has 0 aliphatic rings. The zero-order chi connectivity index (χ0) is 18.2. The van der Waals surface area contributed by atoms with Crippen LogP contribution in [0.25, 0.3) is 21.3 Å². The maximum absolute atomic E-state index is 11.5. The van der Waals surface area contributed by atoms with Crippen molar-refractivity contribution in [1.82, 2.24) is 4.57 Å². The SMILES string of the molecule is CC[C@H](C)n1cc(-c2ccc(C#N)s2)c2ccc(NS(C)(=O)=O)cc21. The molecule has 0 saturated carbocycles. The van der Waals surface area contributed by atoms with Gasteiger partial charge in [-0.05, 0) is 37.6 Å². The van der Waals surface area contributed by atoms with E-state index in [1.165, 1.54) is 11.3 Å². The number of aromatic nitrogens is 1. The van der Waals surface area contributed by atoms with Crippen molar-refractivity contribution in [3.05, 3.63) is 41.4 Å². The number of hydrogen-bond acceptors (Lipinski definition) is 4. The molecule has 0 aliphatic heterocycles. The number of sulfonamides is 1. The van der Waals surface area contributed by atoms with Gasteiger partial charge >= 0.3 is 0 Å². The first-order chi connectivity index (χ1) is 11.8. The highest BCUT2D eigenvalue weighted by Crippen LogP contribution is 2.37. The van der Waals surface area contributed by atoms with Gasteiger partial charge in [-0.1, -0.05) is 13.0 Å². The van der Waals surface area contributed by atoms with Crippen LogP contribution >= 0.6 is 11.3 Å². The maximum atomic E-state index is 11.5. The molecule has 0 amide bonds. The molecule has 0 unspecified atom stereocenters. The zero-order valence-corrected chi connectivity index (χ0v) is 15.9. The van der Waals surface area contributed by atoms with Gasteiger partial charge in [0, 0.05) is 28.1 Å². The van der Waals surface area contributed by atoms with Crippen molar-refractivity contribution in [1.29, 1.82) is 5.26 Å². The standard InChI is InChI=1S/C18H19N3O2S2/c1-4-12(2)21-11-16(18-8-6-14(10-19)24-18)15-7-5-13(9-17(15)21)20-25(3,22)23/h5-9,11-12,20H,4H2,1-3H3/t12-/m0/s1. The van der Waals surface area contributed by atoms with Crippen LogP contribution < -0.4 is 4.72 Å². The monoisotopic (exact) mass is 373 g/mol. The van der Waals surface area contributed by atoms with Gasteiger partial charge in [0.25, 0.3) is 0 Å². The fourth-order valence-corrected chi connectivity index (χ4v) is 4.21. The van der Waals surface area contributed by atoms with Crippen LogP contribution in [0.15, 0.2) is 36.5 Å². The molecule has 25 heavy (non-hydrogen) atoms. The fraction of sp³-hybridized carbons (Fsp3) is 0.278. The minimum absolute atomic E-state index is 0.278. The number of nitriles is 1. The van der Waals surface area contributed by atoms with Crippen LogP contribution in [0, 0.1) is 11.3 Å². The molecule has 0 saturated heterocycles. The lowest BCUT2D eigenvalue weighted by atomic mass is 10.1. The summed E-state index contributed by atoms with van der Waals surface area (Å²) in [6, 6.07) is 11.8. The van der Waals surface area contributed by atoms with E-state index < -0.39 is 10.0 Å². The van der Waals surface area contributed by atoms with Crippen molar-refractivity contribution in [2.45, 2.75) is 26.3 Å². The van der Waals surface area contributed by atoms with Crippen molar-refractivity contribution >= 4 is 38.0 Å². The third kappa shape index (κ3) is 3.55. The van der Waals surface area contributed by atoms with E-state index in [9.17, 15) is 8.42 Å². The average molecular weight is 374 g/mol. The Balaban J connectivity index is 2.20. The summed E-state index contributed by atoms with van der Waals surface area (Å²) in [6.45, 7) is 4.25. The van der Waals surface area contributed by atoms with Crippen molar-refractivity contribution in [3.8, 4) is 16.5 Å². The van der Waals surface area contributed by atoms with Crippen molar-refractivity contribution in [2.75, 3.05) is 11.0 Å². The third-order valence-corrected chi connectivity index (χ3v) is 5.81. The van der Waals surface area contributed by atoms with Gasteiger partial charge in [-0.15, -0.1) is 11.3 Å². The van der Waals surface area contributed by atoms with Gasteiger partial charge in [0.05, 0.1) is 17.5 Å². The molecule has 3 rings (SSSR count). The molecule has 2 heterocycles. The van der Waals surface area contributed by atoms with E-state index in [1.807, 2.05) is 24.3 Å². The molecule has 0 bridgehead atoms. The molecule has 0 spiro atoms. The molecule has 3 aromatic rings. The molecule has 1 atom stereocenters. The van der Waals surface area contributed by atoms with Crippen LogP contribution in [-0.4, -0.2) is 19.2 Å². The second-order valence-corrected chi connectivity index (χ2v) is 8.92. The first kappa shape index (κ1) is 17.5. The van der Waals surface area contributed by atoms with E-state index >= 15 is 0 Å². The Morgan fingerprint density at radius 2 is 2.08 bits per heavy atom. The minimum Gasteiger partial charge on any atom is -0.344 e. The smallest absolute Gasteiger partial charge is 0.229 e. The van der Waals surface area contributed by atoms with Crippen LogP contribution in [0.4, 0.5) is 5.69 Å². The summed E-state index contributed by atoms with van der Waals surface area (Å²) in [7, 11) is -3.32. The van der Waals surface area contributed by atoms with E-state index in [1.54, 1.807) is 6.07 Å². The fourth-order valence-electron chi connectivity index (χ4n) is 2.83. The average Bonchev–Trinajstić information content (AvgIpc) is 3.16. The Kier molecular flexibility index (Phi) is 4.58. The molecular weight excluding hydrogens is 354 g/mol. The summed E-state index contributed by atoms with van der Waals surface area (Å²) in [5.74, 6) is 0. The molecule has 0 aliphatic carbocycles. The summed E-state index contributed by atoms with van der Waals surface area (Å²) in [4.78, 5) is 1.71. The number of thiophene rings is 1. The predicted molar refractivity (Wildman–Crippen MR) is 103 cm³/mol. The van der Waals surface area contributed by atoms with E-state index in [2.05, 4.69) is 35.4 Å². The van der Waals surface area contributed by atoms with Gasteiger partial charge in [-0.2, -0.15) is 5.26 Å². The molecule has 1 aromatic carbocycles. The molecule has 0 radical (unpaired) electrons. The summed E-state index contributed by atoms with van der Waals surface area (Å²) < 4.78 is 27.8. The number of hydrogen-bond donors (Lipinski definition) is 1. The van der Waals surface area contributed by atoms with Crippen molar-refractivity contribution < 1.29 is 8.42 Å². The minimum atomic E-state index is -3.32. The van der Waals surface area contributed by atoms with Crippen LogP contribution in [0.3, 0.4) is 0 Å². The van der Waals surface area contributed by atoms with Gasteiger partial charge in [0.2, 0.25) is 10.0 Å². The lowest BCUT2D eigenvalue weighted by Gasteiger charge is -2.13. The maximum Gasteiger partial charge on any atom is 0.229 e. The quantitative estimate of drug-likeness (QED) is 0.711. The normalized spacial score (nSPS) is 12.9. The van der Waals surface area contributed by atoms with E-state index in [-0.39, 0.29) is 6.04 Å². The Labute approximate surface area is 151 Å². The zero-order valence-electron chi connectivity index (χ0n) is 14.3. The molecule has 5 nitrogen and oxygen atoms in total. The number of fused-ring (bicyclic) bond motifs is 1. The first-order valence-corrected chi connectivity index (χ1v) is 10.7. The molecule has 0 fully saturated rings. The van der Waals surface area contributed by atoms with Crippen LogP contribution in [0.5, 0.6) is 0 Å². The van der Waals surface area contributed by atoms with E-state index in [0.29, 0.717) is 10.6 Å². The molecule has 2 aromatic heterocycles. The van der Waals surface area contributed by atoms with Crippen LogP contribution in [0.2, 0.25) is 0 Å². The van der Waals surface area contributed by atoms with Gasteiger partial charge in [0.15, 0.2) is 0 Å². The van der Waals surface area contributed by atoms with Crippen LogP contribution in [0.1, 0.15) is 31.2 Å². The number of nitrogens with zero attached hydrogens (tertiary/aromatic N) is 2. The number of nitrogens with one attached hydrogen (secondary N) is 1. The molecule has 7 heteroatoms.